The lowest BCUT2D eigenvalue weighted by Crippen LogP contribution is -2.26. The van der Waals surface area contributed by atoms with Crippen LogP contribution in [0, 0.1) is 0 Å². The minimum Gasteiger partial charge on any atom is -0.352 e. The van der Waals surface area contributed by atoms with Crippen molar-refractivity contribution in [1.82, 2.24) is 10.3 Å². The van der Waals surface area contributed by atoms with Gasteiger partial charge < -0.3 is 11.1 Å². The Hall–Kier alpha value is -1.65. The lowest BCUT2D eigenvalue weighted by Gasteiger charge is -2.10. The van der Waals surface area contributed by atoms with E-state index in [0.717, 1.165) is 35.9 Å². The summed E-state index contributed by atoms with van der Waals surface area (Å²) in [5, 5.41) is 4.32. The number of fused-ring (bicyclic) bond motifs is 1. The van der Waals surface area contributed by atoms with Gasteiger partial charge in [0, 0.05) is 28.6 Å². The minimum absolute atomic E-state index is 0.0833. The van der Waals surface area contributed by atoms with Gasteiger partial charge in [-0.1, -0.05) is 11.6 Å². The summed E-state index contributed by atoms with van der Waals surface area (Å²) >= 11 is 6.06. The lowest BCUT2D eigenvalue weighted by atomic mass is 10.1. The number of rotatable bonds is 5. The predicted octanol–water partition coefficient (Wildman–Crippen LogP) is 2.84. The van der Waals surface area contributed by atoms with E-state index in [1.165, 1.54) is 0 Å². The third-order valence-electron chi connectivity index (χ3n) is 3.70. The highest BCUT2D eigenvalue weighted by Crippen LogP contribution is 2.40. The number of hydrogen-bond acceptors (Lipinski definition) is 3. The molecule has 1 aliphatic carbocycles. The van der Waals surface area contributed by atoms with Gasteiger partial charge in [0.1, 0.15) is 0 Å². The molecule has 1 aromatic carbocycles. The van der Waals surface area contributed by atoms with Gasteiger partial charge in [0.15, 0.2) is 0 Å². The van der Waals surface area contributed by atoms with Crippen molar-refractivity contribution in [3.63, 3.8) is 0 Å². The van der Waals surface area contributed by atoms with Gasteiger partial charge in [0.25, 0.3) is 5.91 Å². The fraction of sp³-hybridized carbons (Fsp3) is 0.375. The van der Waals surface area contributed by atoms with Crippen molar-refractivity contribution in [2.75, 3.05) is 13.1 Å². The van der Waals surface area contributed by atoms with Gasteiger partial charge in [-0.15, -0.1) is 0 Å². The van der Waals surface area contributed by atoms with Crippen LogP contribution in [0.5, 0.6) is 0 Å². The molecule has 4 nitrogen and oxygen atoms in total. The monoisotopic (exact) mass is 303 g/mol. The quantitative estimate of drug-likeness (QED) is 0.835. The SMILES string of the molecule is NCCCNC(=O)c1cc(C2CC2)nc2ccc(Cl)cc12. The number of carbonyl (C=O) groups excluding carboxylic acids is 1. The van der Waals surface area contributed by atoms with E-state index in [1.807, 2.05) is 18.2 Å². The fourth-order valence-corrected chi connectivity index (χ4v) is 2.57. The Balaban J connectivity index is 2.00. The molecule has 0 bridgehead atoms. The number of nitrogens with zero attached hydrogens (tertiary/aromatic N) is 1. The highest BCUT2D eigenvalue weighted by atomic mass is 35.5. The number of nitrogens with two attached hydrogens (primary N) is 1. The first-order valence-electron chi connectivity index (χ1n) is 7.27. The summed E-state index contributed by atoms with van der Waals surface area (Å²) in [4.78, 5) is 17.1. The molecule has 0 aliphatic heterocycles. The Morgan fingerprint density at radius 1 is 1.38 bits per heavy atom. The van der Waals surface area contributed by atoms with Crippen LogP contribution in [0.3, 0.4) is 0 Å². The van der Waals surface area contributed by atoms with Crippen LogP contribution in [0.2, 0.25) is 5.02 Å². The minimum atomic E-state index is -0.0833. The van der Waals surface area contributed by atoms with Crippen molar-refractivity contribution in [3.05, 3.63) is 40.5 Å². The number of hydrogen-bond donors (Lipinski definition) is 2. The van der Waals surface area contributed by atoms with Crippen molar-refractivity contribution < 1.29 is 4.79 Å². The number of nitrogens with one attached hydrogen (secondary N) is 1. The molecule has 0 saturated heterocycles. The van der Waals surface area contributed by atoms with E-state index in [-0.39, 0.29) is 5.91 Å². The van der Waals surface area contributed by atoms with E-state index < -0.39 is 0 Å². The van der Waals surface area contributed by atoms with E-state index in [9.17, 15) is 4.79 Å². The number of aromatic nitrogens is 1. The van der Waals surface area contributed by atoms with Gasteiger partial charge >= 0.3 is 0 Å². The maximum atomic E-state index is 12.4. The highest BCUT2D eigenvalue weighted by molar-refractivity contribution is 6.31. The Morgan fingerprint density at radius 3 is 2.90 bits per heavy atom. The number of benzene rings is 1. The second-order valence-corrected chi connectivity index (χ2v) is 5.86. The summed E-state index contributed by atoms with van der Waals surface area (Å²) in [6.45, 7) is 1.15. The molecular formula is C16H18ClN3O. The fourth-order valence-electron chi connectivity index (χ4n) is 2.39. The molecule has 0 radical (unpaired) electrons. The smallest absolute Gasteiger partial charge is 0.252 e. The molecular weight excluding hydrogens is 286 g/mol. The maximum absolute atomic E-state index is 12.4. The Morgan fingerprint density at radius 2 is 2.19 bits per heavy atom. The Kier molecular flexibility index (Phi) is 4.08. The average molecular weight is 304 g/mol. The number of halogens is 1. The van der Waals surface area contributed by atoms with Gasteiger partial charge in [-0.2, -0.15) is 0 Å². The average Bonchev–Trinajstić information content (AvgIpc) is 3.31. The van der Waals surface area contributed by atoms with E-state index in [1.54, 1.807) is 6.07 Å². The topological polar surface area (TPSA) is 68.0 Å². The molecule has 1 aromatic heterocycles. The number of carbonyl (C=O) groups is 1. The zero-order valence-corrected chi connectivity index (χ0v) is 12.5. The first-order valence-corrected chi connectivity index (χ1v) is 7.65. The van der Waals surface area contributed by atoms with E-state index in [2.05, 4.69) is 10.3 Å². The predicted molar refractivity (Wildman–Crippen MR) is 84.7 cm³/mol. The van der Waals surface area contributed by atoms with Crippen LogP contribution in [0.1, 0.15) is 41.2 Å². The first-order chi connectivity index (χ1) is 10.2. The normalized spacial score (nSPS) is 14.4. The van der Waals surface area contributed by atoms with Gasteiger partial charge in [-0.3, -0.25) is 9.78 Å². The van der Waals surface area contributed by atoms with E-state index in [0.29, 0.717) is 29.6 Å². The van der Waals surface area contributed by atoms with Gasteiger partial charge in [0.05, 0.1) is 11.1 Å². The molecule has 110 valence electrons. The Labute approximate surface area is 128 Å². The molecule has 1 fully saturated rings. The van der Waals surface area contributed by atoms with Crippen LogP contribution in [0.25, 0.3) is 10.9 Å². The standard InChI is InChI=1S/C16H18ClN3O/c17-11-4-5-14-12(8-11)13(16(21)19-7-1-6-18)9-15(20-14)10-2-3-10/h4-5,8-10H,1-3,6-7,18H2,(H,19,21). The largest absolute Gasteiger partial charge is 0.352 e. The summed E-state index contributed by atoms with van der Waals surface area (Å²) < 4.78 is 0. The van der Waals surface area contributed by atoms with Crippen molar-refractivity contribution in [3.8, 4) is 0 Å². The highest BCUT2D eigenvalue weighted by Gasteiger charge is 2.26. The van der Waals surface area contributed by atoms with Crippen molar-refractivity contribution >= 4 is 28.4 Å². The van der Waals surface area contributed by atoms with Crippen LogP contribution < -0.4 is 11.1 Å². The van der Waals surface area contributed by atoms with Crippen LogP contribution in [-0.2, 0) is 0 Å². The zero-order chi connectivity index (χ0) is 14.8. The summed E-state index contributed by atoms with van der Waals surface area (Å²) in [5.74, 6) is 0.417. The maximum Gasteiger partial charge on any atom is 0.252 e. The molecule has 21 heavy (non-hydrogen) atoms. The molecule has 1 amide bonds. The molecule has 0 spiro atoms. The molecule has 2 aromatic rings. The number of amides is 1. The summed E-state index contributed by atoms with van der Waals surface area (Å²) in [7, 11) is 0. The Bertz CT molecular complexity index is 683. The lowest BCUT2D eigenvalue weighted by molar-refractivity contribution is 0.0955. The third-order valence-corrected chi connectivity index (χ3v) is 3.93. The summed E-state index contributed by atoms with van der Waals surface area (Å²) in [5.41, 5.74) is 7.95. The number of pyridine rings is 1. The van der Waals surface area contributed by atoms with Crippen molar-refractivity contribution in [2.45, 2.75) is 25.2 Å². The molecule has 3 rings (SSSR count). The van der Waals surface area contributed by atoms with Gasteiger partial charge in [0.2, 0.25) is 0 Å². The van der Waals surface area contributed by atoms with Gasteiger partial charge in [-0.05, 0) is 50.1 Å². The van der Waals surface area contributed by atoms with Crippen molar-refractivity contribution in [2.24, 2.45) is 5.73 Å². The van der Waals surface area contributed by atoms with E-state index >= 15 is 0 Å². The second kappa shape index (κ2) is 6.00. The van der Waals surface area contributed by atoms with Crippen LogP contribution in [0.15, 0.2) is 24.3 Å². The summed E-state index contributed by atoms with van der Waals surface area (Å²) in [6.07, 6.45) is 3.08. The second-order valence-electron chi connectivity index (χ2n) is 5.43. The van der Waals surface area contributed by atoms with E-state index in [4.69, 9.17) is 17.3 Å². The van der Waals surface area contributed by atoms with Crippen LogP contribution in [0.4, 0.5) is 0 Å². The zero-order valence-electron chi connectivity index (χ0n) is 11.7. The molecule has 0 atom stereocenters. The van der Waals surface area contributed by atoms with Crippen LogP contribution >= 0.6 is 11.6 Å². The molecule has 3 N–H and O–H groups in total. The van der Waals surface area contributed by atoms with Crippen LogP contribution in [-0.4, -0.2) is 24.0 Å². The van der Waals surface area contributed by atoms with Gasteiger partial charge in [-0.25, -0.2) is 0 Å². The molecule has 1 heterocycles. The molecule has 1 saturated carbocycles. The molecule has 5 heteroatoms. The van der Waals surface area contributed by atoms with Crippen molar-refractivity contribution in [1.29, 1.82) is 0 Å². The molecule has 0 unspecified atom stereocenters. The molecule has 1 aliphatic rings. The third kappa shape index (κ3) is 3.17. The summed E-state index contributed by atoms with van der Waals surface area (Å²) in [6, 6.07) is 7.40. The first kappa shape index (κ1) is 14.3.